The van der Waals surface area contributed by atoms with E-state index in [1.807, 2.05) is 30.3 Å². The lowest BCUT2D eigenvalue weighted by Gasteiger charge is -2.19. The monoisotopic (exact) mass is 315 g/mol. The Morgan fingerprint density at radius 2 is 1.92 bits per heavy atom. The molecule has 1 aliphatic rings. The van der Waals surface area contributed by atoms with Crippen molar-refractivity contribution in [1.29, 1.82) is 0 Å². The van der Waals surface area contributed by atoms with Gasteiger partial charge in [0.1, 0.15) is 11.4 Å². The number of aliphatic imine (C=N–C) groups is 2. The van der Waals surface area contributed by atoms with Gasteiger partial charge in [-0.15, -0.1) is 0 Å². The number of rotatable bonds is 2. The van der Waals surface area contributed by atoms with Crippen LogP contribution in [0.3, 0.4) is 0 Å². The van der Waals surface area contributed by atoms with Crippen molar-refractivity contribution in [3.05, 3.63) is 60.4 Å². The maximum atomic E-state index is 10.2. The van der Waals surface area contributed by atoms with Crippen LogP contribution in [0.15, 0.2) is 64.8 Å². The van der Waals surface area contributed by atoms with Gasteiger partial charge in [-0.3, -0.25) is 15.0 Å². The molecule has 4 heteroatoms. The minimum atomic E-state index is -0.210. The maximum Gasteiger partial charge on any atom is 0.141 e. The molecule has 4 nitrogen and oxygen atoms in total. The standard InChI is InChI=1S/C20H17N3O/c1-20(2)15-5-3-4-6-16(15)23-18(20)12-22-19-14-11-21-10-9-13(14)7-8-17(19)24/h3-12,24H,1-2H3. The van der Waals surface area contributed by atoms with Gasteiger partial charge >= 0.3 is 0 Å². The minimum absolute atomic E-state index is 0.140. The molecule has 0 spiro atoms. The fourth-order valence-corrected chi connectivity index (χ4v) is 3.09. The number of phenolic OH excluding ortho intramolecular Hbond substituents is 1. The predicted octanol–water partition coefficient (Wildman–Crippen LogP) is 4.71. The van der Waals surface area contributed by atoms with Crippen molar-refractivity contribution in [3.8, 4) is 5.75 Å². The van der Waals surface area contributed by atoms with E-state index in [1.165, 1.54) is 5.56 Å². The fourth-order valence-electron chi connectivity index (χ4n) is 3.09. The summed E-state index contributed by atoms with van der Waals surface area (Å²) in [7, 11) is 0. The first-order chi connectivity index (χ1) is 11.6. The Hall–Kier alpha value is -3.01. The normalized spacial score (nSPS) is 15.7. The lowest BCUT2D eigenvalue weighted by atomic mass is 9.82. The SMILES string of the molecule is CC1(C)C(C=Nc2c(O)ccc3ccncc23)=Nc2ccccc21. The number of para-hydroxylation sites is 1. The highest BCUT2D eigenvalue weighted by molar-refractivity contribution is 6.37. The van der Waals surface area contributed by atoms with Gasteiger partial charge in [0.2, 0.25) is 0 Å². The van der Waals surface area contributed by atoms with Crippen molar-refractivity contribution in [1.82, 2.24) is 4.98 Å². The second-order valence-corrected chi connectivity index (χ2v) is 6.43. The summed E-state index contributed by atoms with van der Waals surface area (Å²) in [6.07, 6.45) is 5.20. The molecule has 118 valence electrons. The second-order valence-electron chi connectivity index (χ2n) is 6.43. The van der Waals surface area contributed by atoms with Crippen LogP contribution in [0, 0.1) is 0 Å². The highest BCUT2D eigenvalue weighted by Crippen LogP contribution is 2.40. The molecule has 1 aliphatic heterocycles. The molecule has 2 heterocycles. The van der Waals surface area contributed by atoms with Crippen LogP contribution in [0.1, 0.15) is 19.4 Å². The van der Waals surface area contributed by atoms with Crippen LogP contribution < -0.4 is 0 Å². The van der Waals surface area contributed by atoms with Crippen molar-refractivity contribution >= 4 is 34.1 Å². The average Bonchev–Trinajstić information content (AvgIpc) is 2.85. The highest BCUT2D eigenvalue weighted by Gasteiger charge is 2.33. The topological polar surface area (TPSA) is 57.8 Å². The summed E-state index contributed by atoms with van der Waals surface area (Å²) >= 11 is 0. The number of benzene rings is 2. The maximum absolute atomic E-state index is 10.2. The minimum Gasteiger partial charge on any atom is -0.506 e. The van der Waals surface area contributed by atoms with Gasteiger partial charge in [0, 0.05) is 23.2 Å². The Kier molecular flexibility index (Phi) is 3.20. The zero-order valence-electron chi connectivity index (χ0n) is 13.6. The van der Waals surface area contributed by atoms with Gasteiger partial charge in [0.05, 0.1) is 17.6 Å². The van der Waals surface area contributed by atoms with Crippen LogP contribution in [0.4, 0.5) is 11.4 Å². The van der Waals surface area contributed by atoms with Gasteiger partial charge in [-0.05, 0) is 29.1 Å². The van der Waals surface area contributed by atoms with Crippen LogP contribution in [-0.4, -0.2) is 22.0 Å². The number of phenols is 1. The van der Waals surface area contributed by atoms with E-state index < -0.39 is 0 Å². The Balaban J connectivity index is 1.79. The summed E-state index contributed by atoms with van der Waals surface area (Å²) in [6.45, 7) is 4.27. The molecular weight excluding hydrogens is 298 g/mol. The van der Waals surface area contributed by atoms with Crippen LogP contribution in [0.2, 0.25) is 0 Å². The van der Waals surface area contributed by atoms with Gasteiger partial charge in [-0.1, -0.05) is 38.1 Å². The molecule has 0 saturated heterocycles. The summed E-state index contributed by atoms with van der Waals surface area (Å²) < 4.78 is 0. The molecule has 1 aromatic heterocycles. The smallest absolute Gasteiger partial charge is 0.141 e. The van der Waals surface area contributed by atoms with Crippen molar-refractivity contribution < 1.29 is 5.11 Å². The summed E-state index contributed by atoms with van der Waals surface area (Å²) in [4.78, 5) is 13.4. The number of fused-ring (bicyclic) bond motifs is 2. The summed E-state index contributed by atoms with van der Waals surface area (Å²) in [5.74, 6) is 0.140. The van der Waals surface area contributed by atoms with E-state index in [-0.39, 0.29) is 11.2 Å². The second kappa shape index (κ2) is 5.27. The van der Waals surface area contributed by atoms with Crippen LogP contribution in [0.5, 0.6) is 5.75 Å². The van der Waals surface area contributed by atoms with Crippen molar-refractivity contribution in [2.45, 2.75) is 19.3 Å². The van der Waals surface area contributed by atoms with E-state index in [0.29, 0.717) is 5.69 Å². The van der Waals surface area contributed by atoms with Crippen LogP contribution in [-0.2, 0) is 5.41 Å². The molecule has 0 atom stereocenters. The highest BCUT2D eigenvalue weighted by atomic mass is 16.3. The molecule has 0 unspecified atom stereocenters. The van der Waals surface area contributed by atoms with E-state index in [4.69, 9.17) is 4.99 Å². The molecule has 0 fully saturated rings. The molecule has 0 amide bonds. The first-order valence-corrected chi connectivity index (χ1v) is 7.86. The van der Waals surface area contributed by atoms with E-state index in [0.717, 1.165) is 22.2 Å². The van der Waals surface area contributed by atoms with Crippen LogP contribution >= 0.6 is 0 Å². The average molecular weight is 315 g/mol. The summed E-state index contributed by atoms with van der Waals surface area (Å²) in [6, 6.07) is 13.5. The summed E-state index contributed by atoms with van der Waals surface area (Å²) in [5, 5.41) is 12.0. The zero-order valence-corrected chi connectivity index (χ0v) is 13.6. The van der Waals surface area contributed by atoms with Crippen LogP contribution in [0.25, 0.3) is 10.8 Å². The number of nitrogens with zero attached hydrogens (tertiary/aromatic N) is 3. The number of hydrogen-bond donors (Lipinski definition) is 1. The molecule has 0 bridgehead atoms. The molecule has 0 radical (unpaired) electrons. The van der Waals surface area contributed by atoms with Gasteiger partial charge in [-0.2, -0.15) is 0 Å². The number of aromatic nitrogens is 1. The lowest BCUT2D eigenvalue weighted by Crippen LogP contribution is -2.26. The quantitative estimate of drug-likeness (QED) is 0.696. The largest absolute Gasteiger partial charge is 0.506 e. The van der Waals surface area contributed by atoms with Crippen molar-refractivity contribution in [3.63, 3.8) is 0 Å². The van der Waals surface area contributed by atoms with Gasteiger partial charge in [0.15, 0.2) is 0 Å². The summed E-state index contributed by atoms with van der Waals surface area (Å²) in [5.41, 5.74) is 3.36. The molecule has 4 rings (SSSR count). The predicted molar refractivity (Wildman–Crippen MR) is 98.1 cm³/mol. The number of aromatic hydroxyl groups is 1. The van der Waals surface area contributed by atoms with E-state index in [1.54, 1.807) is 24.7 Å². The lowest BCUT2D eigenvalue weighted by molar-refractivity contribution is 0.477. The number of pyridine rings is 1. The van der Waals surface area contributed by atoms with Gasteiger partial charge in [0.25, 0.3) is 0 Å². The molecule has 0 aliphatic carbocycles. The molecule has 2 aromatic carbocycles. The fraction of sp³-hybridized carbons (Fsp3) is 0.150. The van der Waals surface area contributed by atoms with E-state index >= 15 is 0 Å². The third-order valence-electron chi connectivity index (χ3n) is 4.55. The third kappa shape index (κ3) is 2.19. The Morgan fingerprint density at radius 3 is 2.75 bits per heavy atom. The van der Waals surface area contributed by atoms with Crippen molar-refractivity contribution in [2.24, 2.45) is 9.98 Å². The zero-order chi connectivity index (χ0) is 16.7. The van der Waals surface area contributed by atoms with E-state index in [2.05, 4.69) is 29.9 Å². The first-order valence-electron chi connectivity index (χ1n) is 7.86. The van der Waals surface area contributed by atoms with Gasteiger partial charge in [-0.25, -0.2) is 0 Å². The van der Waals surface area contributed by atoms with Crippen molar-refractivity contribution in [2.75, 3.05) is 0 Å². The first kappa shape index (κ1) is 14.6. The number of hydrogen-bond acceptors (Lipinski definition) is 4. The Labute approximate surface area is 140 Å². The Morgan fingerprint density at radius 1 is 1.08 bits per heavy atom. The third-order valence-corrected chi connectivity index (χ3v) is 4.55. The van der Waals surface area contributed by atoms with Gasteiger partial charge < -0.3 is 5.11 Å². The Bertz CT molecular complexity index is 1000. The molecule has 3 aromatic rings. The molecule has 0 saturated carbocycles. The molecular formula is C20H17N3O. The molecule has 1 N–H and O–H groups in total. The van der Waals surface area contributed by atoms with E-state index in [9.17, 15) is 5.11 Å². The molecule has 24 heavy (non-hydrogen) atoms.